The largest absolute Gasteiger partial charge is 0.423 e. The Morgan fingerprint density at radius 3 is 2.59 bits per heavy atom. The van der Waals surface area contributed by atoms with Crippen LogP contribution in [0.15, 0.2) is 89.0 Å². The molecule has 0 saturated heterocycles. The third-order valence-electron chi connectivity index (χ3n) is 6.05. The van der Waals surface area contributed by atoms with Gasteiger partial charge in [0.15, 0.2) is 5.78 Å². The number of para-hydroxylation sites is 1. The van der Waals surface area contributed by atoms with Gasteiger partial charge in [0.2, 0.25) is 0 Å². The zero-order valence-corrected chi connectivity index (χ0v) is 20.5. The van der Waals surface area contributed by atoms with Gasteiger partial charge in [-0.1, -0.05) is 49.7 Å². The average molecular weight is 490 g/mol. The number of ketones is 1. The van der Waals surface area contributed by atoms with Crippen LogP contribution in [0.25, 0.3) is 0 Å². The number of nitrogens with one attached hydrogen (secondary N) is 1. The Bertz CT molecular complexity index is 1310. The maximum Gasteiger partial charge on any atom is 0.343 e. The number of esters is 1. The Morgan fingerprint density at radius 1 is 1.03 bits per heavy atom. The van der Waals surface area contributed by atoms with E-state index in [9.17, 15) is 9.59 Å². The molecule has 3 aromatic rings. The number of hydrogen-bond donors (Lipinski definition) is 1. The number of ether oxygens (including phenoxy) is 1. The Kier molecular flexibility index (Phi) is 6.00. The Hall–Kier alpha value is -3.02. The molecule has 1 atom stereocenters. The molecular formula is C28H24ClNO3S. The number of halogens is 1. The second-order valence-electron chi connectivity index (χ2n) is 9.42. The smallest absolute Gasteiger partial charge is 0.343 e. The highest BCUT2D eigenvalue weighted by Gasteiger charge is 2.39. The van der Waals surface area contributed by atoms with Crippen LogP contribution in [0, 0.1) is 5.41 Å². The molecule has 6 heteroatoms. The van der Waals surface area contributed by atoms with Gasteiger partial charge in [0, 0.05) is 27.6 Å². The van der Waals surface area contributed by atoms with Crippen LogP contribution in [0.1, 0.15) is 47.9 Å². The molecule has 1 aliphatic heterocycles. The first kappa shape index (κ1) is 22.8. The predicted octanol–water partition coefficient (Wildman–Crippen LogP) is 7.46. The lowest BCUT2D eigenvalue weighted by atomic mass is 9.74. The summed E-state index contributed by atoms with van der Waals surface area (Å²) >= 11 is 7.58. The van der Waals surface area contributed by atoms with E-state index in [-0.39, 0.29) is 16.4 Å². The predicted molar refractivity (Wildman–Crippen MR) is 137 cm³/mol. The van der Waals surface area contributed by atoms with E-state index in [0.717, 1.165) is 33.8 Å². The molecule has 0 spiro atoms. The first-order valence-corrected chi connectivity index (χ1v) is 12.4. The molecule has 1 heterocycles. The van der Waals surface area contributed by atoms with Gasteiger partial charge in [-0.15, -0.1) is 11.8 Å². The molecule has 0 amide bonds. The van der Waals surface area contributed by atoms with Crippen LogP contribution in [0.3, 0.4) is 0 Å². The van der Waals surface area contributed by atoms with Crippen molar-refractivity contribution in [3.8, 4) is 5.75 Å². The van der Waals surface area contributed by atoms with Crippen molar-refractivity contribution in [2.24, 2.45) is 5.41 Å². The van der Waals surface area contributed by atoms with Gasteiger partial charge < -0.3 is 10.1 Å². The summed E-state index contributed by atoms with van der Waals surface area (Å²) in [6, 6.07) is 22.2. The number of anilines is 1. The summed E-state index contributed by atoms with van der Waals surface area (Å²) in [5, 5.41) is 3.91. The number of allylic oxidation sites excluding steroid dienone is 1. The van der Waals surface area contributed by atoms with Crippen molar-refractivity contribution in [2.75, 3.05) is 5.32 Å². The van der Waals surface area contributed by atoms with Crippen LogP contribution >= 0.6 is 23.4 Å². The van der Waals surface area contributed by atoms with Gasteiger partial charge in [-0.2, -0.15) is 0 Å². The third kappa shape index (κ3) is 4.63. The van der Waals surface area contributed by atoms with Gasteiger partial charge in [0.1, 0.15) is 5.75 Å². The highest BCUT2D eigenvalue weighted by molar-refractivity contribution is 8.00. The Balaban J connectivity index is 1.52. The minimum absolute atomic E-state index is 0.104. The molecular weight excluding hydrogens is 466 g/mol. The highest BCUT2D eigenvalue weighted by Crippen LogP contribution is 2.52. The molecule has 0 aromatic heterocycles. The zero-order chi connectivity index (χ0) is 23.9. The molecule has 1 aliphatic carbocycles. The summed E-state index contributed by atoms with van der Waals surface area (Å²) in [6.07, 6.45) is 1.30. The summed E-state index contributed by atoms with van der Waals surface area (Å²) in [5.41, 5.74) is 4.04. The zero-order valence-electron chi connectivity index (χ0n) is 18.9. The monoisotopic (exact) mass is 489 g/mol. The van der Waals surface area contributed by atoms with E-state index in [0.29, 0.717) is 22.8 Å². The second-order valence-corrected chi connectivity index (χ2v) is 11.0. The van der Waals surface area contributed by atoms with Crippen LogP contribution < -0.4 is 10.1 Å². The maximum atomic E-state index is 13.4. The van der Waals surface area contributed by atoms with Gasteiger partial charge in [-0.05, 0) is 65.9 Å². The second kappa shape index (κ2) is 8.97. The molecule has 0 fully saturated rings. The van der Waals surface area contributed by atoms with Crippen molar-refractivity contribution in [2.45, 2.75) is 36.8 Å². The molecule has 3 aromatic carbocycles. The molecule has 172 valence electrons. The van der Waals surface area contributed by atoms with Crippen LogP contribution in [0.2, 0.25) is 5.02 Å². The summed E-state index contributed by atoms with van der Waals surface area (Å²) in [6.45, 7) is 4.26. The molecule has 4 nitrogen and oxygen atoms in total. The van der Waals surface area contributed by atoms with Gasteiger partial charge in [-0.25, -0.2) is 4.79 Å². The number of Topliss-reactive ketones (excluding diaryl/α,β-unsaturated/α-hetero) is 1. The van der Waals surface area contributed by atoms with Crippen molar-refractivity contribution in [3.05, 3.63) is 100 Å². The first-order chi connectivity index (χ1) is 16.3. The van der Waals surface area contributed by atoms with Crippen molar-refractivity contribution in [1.82, 2.24) is 0 Å². The molecule has 1 N–H and O–H groups in total. The lowest BCUT2D eigenvalue weighted by molar-refractivity contribution is -0.118. The minimum atomic E-state index is -0.454. The van der Waals surface area contributed by atoms with Crippen LogP contribution in [0.5, 0.6) is 5.75 Å². The standard InChI is InChI=1S/C28H24ClNO3S/c1-28(2)15-22-25(23(31)16-28)26(34-24-9-4-3-8-21(24)30-22)18-6-5-7-20(14-18)33-27(32)17-10-12-19(29)13-11-17/h3-14,26,30H,15-16H2,1-2H3. The number of fused-ring (bicyclic) bond motifs is 1. The lowest BCUT2D eigenvalue weighted by Gasteiger charge is -2.34. The SMILES string of the molecule is CC1(C)CC(=O)C2=C(C1)Nc1ccccc1SC2c1cccc(OC(=O)c2ccc(Cl)cc2)c1. The molecule has 1 unspecified atom stereocenters. The van der Waals surface area contributed by atoms with Crippen LogP contribution in [-0.2, 0) is 4.79 Å². The lowest BCUT2D eigenvalue weighted by Crippen LogP contribution is -2.29. The number of carbonyl (C=O) groups is 2. The van der Waals surface area contributed by atoms with Crippen LogP contribution in [0.4, 0.5) is 5.69 Å². The molecule has 0 radical (unpaired) electrons. The number of rotatable bonds is 3. The van der Waals surface area contributed by atoms with Gasteiger partial charge >= 0.3 is 5.97 Å². The number of carbonyl (C=O) groups excluding carboxylic acids is 2. The van der Waals surface area contributed by atoms with E-state index in [4.69, 9.17) is 16.3 Å². The van der Waals surface area contributed by atoms with E-state index in [2.05, 4.69) is 25.2 Å². The maximum absolute atomic E-state index is 13.4. The quantitative estimate of drug-likeness (QED) is 0.305. The normalized spacial score (nSPS) is 18.9. The fraction of sp³-hybridized carbons (Fsp3) is 0.214. The summed E-state index contributed by atoms with van der Waals surface area (Å²) in [4.78, 5) is 27.1. The Morgan fingerprint density at radius 2 is 1.79 bits per heavy atom. The summed E-state index contributed by atoms with van der Waals surface area (Å²) < 4.78 is 5.66. The van der Waals surface area contributed by atoms with Crippen LogP contribution in [-0.4, -0.2) is 11.8 Å². The summed E-state index contributed by atoms with van der Waals surface area (Å²) in [7, 11) is 0. The van der Waals surface area contributed by atoms with E-state index < -0.39 is 5.97 Å². The van der Waals surface area contributed by atoms with Gasteiger partial charge in [-0.3, -0.25) is 4.79 Å². The van der Waals surface area contributed by atoms with E-state index >= 15 is 0 Å². The third-order valence-corrected chi connectivity index (χ3v) is 7.66. The van der Waals surface area contributed by atoms with Crippen molar-refractivity contribution >= 4 is 40.8 Å². The van der Waals surface area contributed by atoms with Crippen molar-refractivity contribution in [3.63, 3.8) is 0 Å². The number of hydrogen-bond acceptors (Lipinski definition) is 5. The molecule has 34 heavy (non-hydrogen) atoms. The highest BCUT2D eigenvalue weighted by atomic mass is 35.5. The average Bonchev–Trinajstić information content (AvgIpc) is 2.95. The number of benzene rings is 3. The summed E-state index contributed by atoms with van der Waals surface area (Å²) in [5.74, 6) is 0.145. The minimum Gasteiger partial charge on any atom is -0.423 e. The fourth-order valence-electron chi connectivity index (χ4n) is 4.50. The topological polar surface area (TPSA) is 55.4 Å². The van der Waals surface area contributed by atoms with E-state index in [1.54, 1.807) is 42.1 Å². The van der Waals surface area contributed by atoms with E-state index in [1.165, 1.54) is 0 Å². The molecule has 5 rings (SSSR count). The van der Waals surface area contributed by atoms with Crippen molar-refractivity contribution in [1.29, 1.82) is 0 Å². The molecule has 0 saturated carbocycles. The fourth-order valence-corrected chi connectivity index (χ4v) is 5.96. The first-order valence-electron chi connectivity index (χ1n) is 11.2. The van der Waals surface area contributed by atoms with E-state index in [1.807, 2.05) is 36.4 Å². The Labute approximate surface area is 208 Å². The molecule has 0 bridgehead atoms. The van der Waals surface area contributed by atoms with Gasteiger partial charge in [0.25, 0.3) is 0 Å². The molecule has 2 aliphatic rings. The van der Waals surface area contributed by atoms with Gasteiger partial charge in [0.05, 0.1) is 16.5 Å². The van der Waals surface area contributed by atoms with Crippen molar-refractivity contribution < 1.29 is 14.3 Å². The number of thioether (sulfide) groups is 1.